The van der Waals surface area contributed by atoms with Crippen LogP contribution in [0.5, 0.6) is 0 Å². The van der Waals surface area contributed by atoms with Crippen molar-refractivity contribution in [3.63, 3.8) is 0 Å². The molecule has 1 spiro atoms. The zero-order valence-electron chi connectivity index (χ0n) is 10.6. The molecule has 0 aromatic rings. The van der Waals surface area contributed by atoms with E-state index in [-0.39, 0.29) is 11.9 Å². The summed E-state index contributed by atoms with van der Waals surface area (Å²) in [5.41, 5.74) is -0.659. The van der Waals surface area contributed by atoms with Gasteiger partial charge in [0.25, 0.3) is 0 Å². The predicted molar refractivity (Wildman–Crippen MR) is 65.3 cm³/mol. The van der Waals surface area contributed by atoms with E-state index in [1.54, 1.807) is 0 Å². The van der Waals surface area contributed by atoms with Gasteiger partial charge in [0.05, 0.1) is 18.6 Å². The largest absolute Gasteiger partial charge is 0.481 e. The lowest BCUT2D eigenvalue weighted by Gasteiger charge is -2.26. The van der Waals surface area contributed by atoms with E-state index in [2.05, 4.69) is 0 Å². The van der Waals surface area contributed by atoms with Gasteiger partial charge in [0.1, 0.15) is 11.5 Å². The second kappa shape index (κ2) is 3.60. The number of carbonyl (C=O) groups excluding carboxylic acids is 1. The van der Waals surface area contributed by atoms with E-state index in [0.717, 1.165) is 25.7 Å². The Balaban J connectivity index is 1.69. The maximum Gasteiger partial charge on any atom is 0.310 e. The molecule has 3 heterocycles. The Morgan fingerprint density at radius 3 is 2.84 bits per heavy atom. The van der Waals surface area contributed by atoms with Crippen LogP contribution in [0.25, 0.3) is 0 Å². The molecule has 3 fully saturated rings. The van der Waals surface area contributed by atoms with Crippen molar-refractivity contribution in [2.75, 3.05) is 6.54 Å². The van der Waals surface area contributed by atoms with Crippen molar-refractivity contribution >= 4 is 11.9 Å². The third-order valence-electron chi connectivity index (χ3n) is 5.18. The number of ether oxygens (including phenoxy) is 1. The lowest BCUT2D eigenvalue weighted by atomic mass is 9.77. The number of hydrogen-bond acceptors (Lipinski definition) is 3. The van der Waals surface area contributed by atoms with Crippen LogP contribution in [0.3, 0.4) is 0 Å². The van der Waals surface area contributed by atoms with Crippen LogP contribution >= 0.6 is 0 Å². The van der Waals surface area contributed by atoms with Crippen molar-refractivity contribution in [1.82, 2.24) is 4.90 Å². The van der Waals surface area contributed by atoms with Gasteiger partial charge in [0.15, 0.2) is 0 Å². The first-order chi connectivity index (χ1) is 9.12. The SMILES string of the molecule is O=C(O)C1[C@@H]2C=C[C@]3(CN(C4CCCC4)C(=O)[C@H]13)O2. The van der Waals surface area contributed by atoms with Gasteiger partial charge in [-0.1, -0.05) is 25.0 Å². The highest BCUT2D eigenvalue weighted by Gasteiger charge is 2.67. The van der Waals surface area contributed by atoms with Gasteiger partial charge in [-0.05, 0) is 12.8 Å². The topological polar surface area (TPSA) is 66.8 Å². The molecule has 102 valence electrons. The number of rotatable bonds is 2. The summed E-state index contributed by atoms with van der Waals surface area (Å²) in [6, 6.07) is 0.290. The van der Waals surface area contributed by atoms with Gasteiger partial charge in [-0.3, -0.25) is 9.59 Å². The highest BCUT2D eigenvalue weighted by molar-refractivity contribution is 5.91. The normalized spacial score (nSPS) is 44.3. The zero-order chi connectivity index (χ0) is 13.2. The smallest absolute Gasteiger partial charge is 0.310 e. The van der Waals surface area contributed by atoms with Crippen LogP contribution in [0, 0.1) is 11.8 Å². The first-order valence-electron chi connectivity index (χ1n) is 7.03. The van der Waals surface area contributed by atoms with Crippen molar-refractivity contribution < 1.29 is 19.4 Å². The summed E-state index contributed by atoms with van der Waals surface area (Å²) < 4.78 is 5.86. The van der Waals surface area contributed by atoms with Crippen molar-refractivity contribution in [1.29, 1.82) is 0 Å². The standard InChI is InChI=1S/C14H17NO4/c16-12-11-10(13(17)18)9-5-6-14(11,19-9)7-15(12)8-3-1-2-4-8/h5-6,8-11H,1-4,7H2,(H,17,18)/t9-,10?,11-,14+/m0/s1. The Morgan fingerprint density at radius 1 is 1.42 bits per heavy atom. The molecule has 1 saturated carbocycles. The molecule has 19 heavy (non-hydrogen) atoms. The van der Waals surface area contributed by atoms with Gasteiger partial charge < -0.3 is 14.7 Å². The fourth-order valence-corrected chi connectivity index (χ4v) is 4.34. The molecular formula is C14H17NO4. The molecule has 1 unspecified atom stereocenters. The van der Waals surface area contributed by atoms with E-state index in [1.807, 2.05) is 17.1 Å². The van der Waals surface area contributed by atoms with Gasteiger partial charge in [-0.15, -0.1) is 0 Å². The molecule has 0 radical (unpaired) electrons. The maximum absolute atomic E-state index is 12.6. The van der Waals surface area contributed by atoms with Crippen molar-refractivity contribution in [3.05, 3.63) is 12.2 Å². The first kappa shape index (κ1) is 11.5. The Hall–Kier alpha value is -1.36. The molecule has 1 aliphatic carbocycles. The van der Waals surface area contributed by atoms with Gasteiger partial charge in [-0.25, -0.2) is 0 Å². The molecule has 0 aromatic heterocycles. The zero-order valence-corrected chi connectivity index (χ0v) is 10.6. The molecular weight excluding hydrogens is 246 g/mol. The van der Waals surface area contributed by atoms with Crippen LogP contribution in [0.4, 0.5) is 0 Å². The highest BCUT2D eigenvalue weighted by Crippen LogP contribution is 2.52. The molecule has 1 amide bonds. The molecule has 1 N–H and O–H groups in total. The van der Waals surface area contributed by atoms with E-state index in [1.165, 1.54) is 0 Å². The van der Waals surface area contributed by atoms with Crippen molar-refractivity contribution in [2.45, 2.75) is 43.4 Å². The van der Waals surface area contributed by atoms with Crippen molar-refractivity contribution in [3.8, 4) is 0 Å². The maximum atomic E-state index is 12.6. The minimum Gasteiger partial charge on any atom is -0.481 e. The Bertz CT molecular complexity index is 482. The third-order valence-corrected chi connectivity index (χ3v) is 5.18. The Morgan fingerprint density at radius 2 is 2.16 bits per heavy atom. The molecule has 5 heteroatoms. The summed E-state index contributed by atoms with van der Waals surface area (Å²) in [5, 5.41) is 9.36. The van der Waals surface area contributed by atoms with Crippen molar-refractivity contribution in [2.24, 2.45) is 11.8 Å². The number of nitrogens with zero attached hydrogens (tertiary/aromatic N) is 1. The summed E-state index contributed by atoms with van der Waals surface area (Å²) in [4.78, 5) is 25.9. The second-order valence-electron chi connectivity index (χ2n) is 6.14. The summed E-state index contributed by atoms with van der Waals surface area (Å²) >= 11 is 0. The van der Waals surface area contributed by atoms with Gasteiger partial charge in [-0.2, -0.15) is 0 Å². The van der Waals surface area contributed by atoms with E-state index in [9.17, 15) is 14.7 Å². The average Bonchev–Trinajstić information content (AvgIpc) is 3.09. The van der Waals surface area contributed by atoms with Gasteiger partial charge >= 0.3 is 5.97 Å². The van der Waals surface area contributed by atoms with Crippen LogP contribution in [0.2, 0.25) is 0 Å². The molecule has 0 aromatic carbocycles. The second-order valence-corrected chi connectivity index (χ2v) is 6.14. The van der Waals surface area contributed by atoms with Crippen LogP contribution < -0.4 is 0 Å². The Kier molecular flexibility index (Phi) is 2.17. The fraction of sp³-hybridized carbons (Fsp3) is 0.714. The predicted octanol–water partition coefficient (Wildman–Crippen LogP) is 0.796. The Labute approximate surface area is 111 Å². The lowest BCUT2D eigenvalue weighted by molar-refractivity contribution is -0.148. The summed E-state index contributed by atoms with van der Waals surface area (Å²) in [6.45, 7) is 0.540. The quantitative estimate of drug-likeness (QED) is 0.748. The van der Waals surface area contributed by atoms with E-state index >= 15 is 0 Å². The number of carboxylic acids is 1. The molecule has 4 aliphatic rings. The van der Waals surface area contributed by atoms with Crippen LogP contribution in [-0.4, -0.2) is 46.2 Å². The van der Waals surface area contributed by atoms with Crippen LogP contribution in [0.1, 0.15) is 25.7 Å². The number of amides is 1. The van der Waals surface area contributed by atoms with E-state index < -0.39 is 29.5 Å². The van der Waals surface area contributed by atoms with E-state index in [4.69, 9.17) is 4.74 Å². The van der Waals surface area contributed by atoms with E-state index in [0.29, 0.717) is 6.54 Å². The molecule has 4 rings (SSSR count). The molecule has 2 saturated heterocycles. The molecule has 5 nitrogen and oxygen atoms in total. The minimum atomic E-state index is -0.914. The number of carbonyl (C=O) groups is 2. The average molecular weight is 263 g/mol. The number of aliphatic carboxylic acids is 1. The van der Waals surface area contributed by atoms with Gasteiger partial charge in [0.2, 0.25) is 5.91 Å². The first-order valence-corrected chi connectivity index (χ1v) is 7.03. The van der Waals surface area contributed by atoms with Crippen LogP contribution in [-0.2, 0) is 14.3 Å². The molecule has 4 atom stereocenters. The number of hydrogen-bond donors (Lipinski definition) is 1. The molecule has 3 aliphatic heterocycles. The lowest BCUT2D eigenvalue weighted by Crippen LogP contribution is -2.40. The van der Waals surface area contributed by atoms with Crippen LogP contribution in [0.15, 0.2) is 12.2 Å². The highest BCUT2D eigenvalue weighted by atomic mass is 16.5. The summed E-state index contributed by atoms with van der Waals surface area (Å²) in [7, 11) is 0. The number of carboxylic acid groups (broad SMARTS) is 1. The summed E-state index contributed by atoms with van der Waals surface area (Å²) in [5.74, 6) is -2.14. The van der Waals surface area contributed by atoms with Gasteiger partial charge in [0, 0.05) is 6.04 Å². The minimum absolute atomic E-state index is 0.00819. The number of likely N-dealkylation sites (tertiary alicyclic amines) is 1. The summed E-state index contributed by atoms with van der Waals surface area (Å²) in [6.07, 6.45) is 7.73. The fourth-order valence-electron chi connectivity index (χ4n) is 4.34. The third kappa shape index (κ3) is 1.34. The molecule has 2 bridgehead atoms. The number of fused-ring (bicyclic) bond motifs is 1. The monoisotopic (exact) mass is 263 g/mol.